The number of hydrogen-bond donors (Lipinski definition) is 3. The summed E-state index contributed by atoms with van der Waals surface area (Å²) in [4.78, 5) is 28.9. The van der Waals surface area contributed by atoms with Gasteiger partial charge < -0.3 is 15.3 Å². The van der Waals surface area contributed by atoms with Gasteiger partial charge in [0.25, 0.3) is 5.91 Å². The number of amides is 1. The molecule has 23 heavy (non-hydrogen) atoms. The molecule has 0 saturated carbocycles. The van der Waals surface area contributed by atoms with E-state index >= 15 is 0 Å². The minimum absolute atomic E-state index is 0.0558. The van der Waals surface area contributed by atoms with Crippen molar-refractivity contribution in [2.24, 2.45) is 0 Å². The molecule has 1 aromatic heterocycles. The molecule has 0 aliphatic carbocycles. The fourth-order valence-corrected chi connectivity index (χ4v) is 2.44. The molecule has 5 nitrogen and oxygen atoms in total. The Morgan fingerprint density at radius 3 is 2.26 bits per heavy atom. The van der Waals surface area contributed by atoms with Gasteiger partial charge in [0, 0.05) is 11.3 Å². The van der Waals surface area contributed by atoms with Crippen molar-refractivity contribution in [3.05, 3.63) is 64.1 Å². The van der Waals surface area contributed by atoms with Crippen molar-refractivity contribution in [3.63, 3.8) is 0 Å². The van der Waals surface area contributed by atoms with Crippen molar-refractivity contribution in [1.82, 2.24) is 9.97 Å². The molecular formula is C18H19N3O2. The van der Waals surface area contributed by atoms with Crippen LogP contribution in [0.1, 0.15) is 36.7 Å². The highest BCUT2D eigenvalue weighted by Crippen LogP contribution is 2.22. The van der Waals surface area contributed by atoms with E-state index in [9.17, 15) is 9.59 Å². The van der Waals surface area contributed by atoms with Gasteiger partial charge in [-0.3, -0.25) is 4.79 Å². The van der Waals surface area contributed by atoms with Crippen LogP contribution in [0, 0.1) is 0 Å². The van der Waals surface area contributed by atoms with Crippen molar-refractivity contribution in [2.45, 2.75) is 26.2 Å². The first-order valence-electron chi connectivity index (χ1n) is 7.47. The molecule has 0 radical (unpaired) electrons. The number of carbonyl (C=O) groups excluding carboxylic acids is 1. The average Bonchev–Trinajstić information content (AvgIpc) is 2.86. The summed E-state index contributed by atoms with van der Waals surface area (Å²) in [5.41, 5.74) is 3.58. The van der Waals surface area contributed by atoms with Crippen molar-refractivity contribution >= 4 is 22.6 Å². The van der Waals surface area contributed by atoms with Gasteiger partial charge in [0.05, 0.1) is 11.0 Å². The molecular weight excluding hydrogens is 290 g/mol. The highest BCUT2D eigenvalue weighted by Gasteiger charge is 2.14. The first kappa shape index (κ1) is 15.1. The number of anilines is 1. The molecule has 3 rings (SSSR count). The fraction of sp³-hybridized carbons (Fsp3) is 0.222. The molecule has 0 unspecified atom stereocenters. The second-order valence-electron chi connectivity index (χ2n) is 6.62. The van der Waals surface area contributed by atoms with Crippen LogP contribution in [0.5, 0.6) is 0 Å². The lowest BCUT2D eigenvalue weighted by Crippen LogP contribution is -2.14. The van der Waals surface area contributed by atoms with Crippen LogP contribution in [-0.2, 0) is 5.41 Å². The molecule has 0 saturated heterocycles. The van der Waals surface area contributed by atoms with Gasteiger partial charge in [-0.05, 0) is 41.3 Å². The lowest BCUT2D eigenvalue weighted by atomic mass is 9.87. The smallest absolute Gasteiger partial charge is 0.322 e. The number of aromatic amines is 2. The maximum absolute atomic E-state index is 12.3. The molecule has 1 heterocycles. The van der Waals surface area contributed by atoms with E-state index in [-0.39, 0.29) is 17.0 Å². The van der Waals surface area contributed by atoms with Crippen molar-refractivity contribution in [3.8, 4) is 0 Å². The van der Waals surface area contributed by atoms with Gasteiger partial charge in [-0.15, -0.1) is 0 Å². The van der Waals surface area contributed by atoms with E-state index in [1.807, 2.05) is 24.3 Å². The lowest BCUT2D eigenvalue weighted by Gasteiger charge is -2.19. The Bertz CT molecular complexity index is 912. The van der Waals surface area contributed by atoms with E-state index in [1.165, 1.54) is 5.56 Å². The van der Waals surface area contributed by atoms with E-state index in [0.29, 0.717) is 22.3 Å². The monoisotopic (exact) mass is 309 g/mol. The van der Waals surface area contributed by atoms with Crippen LogP contribution in [0.4, 0.5) is 5.69 Å². The zero-order valence-corrected chi connectivity index (χ0v) is 13.4. The Hall–Kier alpha value is -2.82. The molecule has 0 fully saturated rings. The molecule has 0 aliphatic rings. The van der Waals surface area contributed by atoms with Crippen molar-refractivity contribution in [1.29, 1.82) is 0 Å². The molecule has 0 aliphatic heterocycles. The highest BCUT2D eigenvalue weighted by atomic mass is 16.2. The number of imidazole rings is 1. The number of nitrogens with one attached hydrogen (secondary N) is 3. The van der Waals surface area contributed by atoms with Gasteiger partial charge in [-0.25, -0.2) is 4.79 Å². The Morgan fingerprint density at radius 1 is 0.957 bits per heavy atom. The van der Waals surface area contributed by atoms with Crippen LogP contribution in [0.25, 0.3) is 11.0 Å². The summed E-state index contributed by atoms with van der Waals surface area (Å²) < 4.78 is 0. The quantitative estimate of drug-likeness (QED) is 0.678. The second kappa shape index (κ2) is 5.43. The third-order valence-electron chi connectivity index (χ3n) is 3.79. The first-order chi connectivity index (χ1) is 10.8. The summed E-state index contributed by atoms with van der Waals surface area (Å²) in [6, 6.07) is 12.8. The van der Waals surface area contributed by atoms with Gasteiger partial charge in [0.2, 0.25) is 0 Å². The molecule has 3 N–H and O–H groups in total. The Kier molecular flexibility index (Phi) is 3.56. The van der Waals surface area contributed by atoms with Crippen LogP contribution < -0.4 is 11.0 Å². The predicted octanol–water partition coefficient (Wildman–Crippen LogP) is 3.41. The number of H-pyrrole nitrogens is 2. The van der Waals surface area contributed by atoms with Gasteiger partial charge in [-0.1, -0.05) is 32.9 Å². The van der Waals surface area contributed by atoms with E-state index < -0.39 is 0 Å². The van der Waals surface area contributed by atoms with E-state index in [0.717, 1.165) is 0 Å². The zero-order chi connectivity index (χ0) is 16.6. The van der Waals surface area contributed by atoms with Gasteiger partial charge in [-0.2, -0.15) is 0 Å². The maximum atomic E-state index is 12.3. The van der Waals surface area contributed by atoms with Gasteiger partial charge >= 0.3 is 5.69 Å². The summed E-state index contributed by atoms with van der Waals surface area (Å²) in [6.07, 6.45) is 0. The van der Waals surface area contributed by atoms with E-state index in [1.54, 1.807) is 18.2 Å². The number of rotatable bonds is 2. The highest BCUT2D eigenvalue weighted by molar-refractivity contribution is 6.04. The number of hydrogen-bond acceptors (Lipinski definition) is 2. The molecule has 5 heteroatoms. The molecule has 0 atom stereocenters. The van der Waals surface area contributed by atoms with E-state index in [2.05, 4.69) is 36.1 Å². The molecule has 1 amide bonds. The van der Waals surface area contributed by atoms with E-state index in [4.69, 9.17) is 0 Å². The molecule has 2 aromatic carbocycles. The third kappa shape index (κ3) is 3.18. The topological polar surface area (TPSA) is 77.8 Å². The van der Waals surface area contributed by atoms with Gasteiger partial charge in [0.15, 0.2) is 0 Å². The van der Waals surface area contributed by atoms with Crippen LogP contribution in [0.3, 0.4) is 0 Å². The summed E-state index contributed by atoms with van der Waals surface area (Å²) in [7, 11) is 0. The number of fused-ring (bicyclic) bond motifs is 1. The number of carbonyl (C=O) groups is 1. The predicted molar refractivity (Wildman–Crippen MR) is 92.0 cm³/mol. The van der Waals surface area contributed by atoms with Crippen LogP contribution in [0.2, 0.25) is 0 Å². The summed E-state index contributed by atoms with van der Waals surface area (Å²) in [5.74, 6) is -0.178. The molecule has 0 spiro atoms. The minimum atomic E-state index is -0.263. The zero-order valence-electron chi connectivity index (χ0n) is 13.4. The van der Waals surface area contributed by atoms with Crippen LogP contribution in [0.15, 0.2) is 47.3 Å². The largest absolute Gasteiger partial charge is 0.323 e. The van der Waals surface area contributed by atoms with Crippen LogP contribution >= 0.6 is 0 Å². The third-order valence-corrected chi connectivity index (χ3v) is 3.79. The molecule has 118 valence electrons. The Morgan fingerprint density at radius 2 is 1.61 bits per heavy atom. The summed E-state index contributed by atoms with van der Waals surface area (Å²) in [6.45, 7) is 6.40. The van der Waals surface area contributed by atoms with Crippen LogP contribution in [-0.4, -0.2) is 15.9 Å². The number of benzene rings is 2. The lowest BCUT2D eigenvalue weighted by molar-refractivity contribution is 0.102. The summed E-state index contributed by atoms with van der Waals surface area (Å²) in [5, 5.41) is 2.84. The van der Waals surface area contributed by atoms with Crippen molar-refractivity contribution < 1.29 is 4.79 Å². The van der Waals surface area contributed by atoms with Crippen molar-refractivity contribution in [2.75, 3.05) is 5.32 Å². The first-order valence-corrected chi connectivity index (χ1v) is 7.47. The SMILES string of the molecule is CC(C)(C)c1ccc(C(=O)Nc2ccc3[nH]c(=O)[nH]c3c2)cc1. The Labute approximate surface area is 133 Å². The standard InChI is InChI=1S/C18H19N3O2/c1-18(2,3)12-6-4-11(5-7-12)16(22)19-13-8-9-14-15(10-13)21-17(23)20-14/h4-10H,1-3H3,(H,19,22)(H2,20,21,23). The number of aromatic nitrogens is 2. The average molecular weight is 309 g/mol. The Balaban J connectivity index is 1.81. The molecule has 0 bridgehead atoms. The second-order valence-corrected chi connectivity index (χ2v) is 6.62. The normalized spacial score (nSPS) is 11.6. The maximum Gasteiger partial charge on any atom is 0.323 e. The summed E-state index contributed by atoms with van der Waals surface area (Å²) >= 11 is 0. The minimum Gasteiger partial charge on any atom is -0.322 e. The fourth-order valence-electron chi connectivity index (χ4n) is 2.44. The molecule has 3 aromatic rings. The van der Waals surface area contributed by atoms with Gasteiger partial charge in [0.1, 0.15) is 0 Å².